The van der Waals surface area contributed by atoms with Crippen LogP contribution in [0.15, 0.2) is 30.5 Å². The molecule has 3 rings (SSSR count). The summed E-state index contributed by atoms with van der Waals surface area (Å²) in [5.74, 6) is 0.669. The number of para-hydroxylation sites is 1. The third-order valence-corrected chi connectivity index (χ3v) is 2.87. The molecule has 1 aromatic carbocycles. The minimum atomic E-state index is 0.669. The largest absolute Gasteiger partial charge is 0.220 e. The first-order valence-corrected chi connectivity index (χ1v) is 5.33. The van der Waals surface area contributed by atoms with Crippen molar-refractivity contribution in [2.45, 2.75) is 25.7 Å². The highest BCUT2D eigenvalue weighted by Gasteiger charge is 2.26. The van der Waals surface area contributed by atoms with E-state index in [-0.39, 0.29) is 0 Å². The molecule has 0 atom stereocenters. The van der Waals surface area contributed by atoms with Crippen molar-refractivity contribution in [1.82, 2.24) is 15.0 Å². The first kappa shape index (κ1) is 8.65. The van der Waals surface area contributed by atoms with Gasteiger partial charge in [0.1, 0.15) is 0 Å². The average Bonchev–Trinajstić information content (AvgIpc) is 2.99. The standard InChI is InChI=1S/C12H13N3/c1-9-4-2-3-5-12(9)15-8-11(13-14-15)10-6-7-10/h2-5,8,10H,6-7H2,1H3. The molecule has 0 unspecified atom stereocenters. The summed E-state index contributed by atoms with van der Waals surface area (Å²) in [6.45, 7) is 2.09. The van der Waals surface area contributed by atoms with Crippen molar-refractivity contribution in [3.8, 4) is 5.69 Å². The Hall–Kier alpha value is -1.64. The summed E-state index contributed by atoms with van der Waals surface area (Å²) in [7, 11) is 0. The van der Waals surface area contributed by atoms with Gasteiger partial charge in [-0.3, -0.25) is 0 Å². The fraction of sp³-hybridized carbons (Fsp3) is 0.333. The predicted molar refractivity (Wildman–Crippen MR) is 58.1 cm³/mol. The number of hydrogen-bond donors (Lipinski definition) is 0. The minimum absolute atomic E-state index is 0.669. The first-order chi connectivity index (χ1) is 7.34. The van der Waals surface area contributed by atoms with Crippen molar-refractivity contribution in [3.05, 3.63) is 41.7 Å². The van der Waals surface area contributed by atoms with Gasteiger partial charge in [0.25, 0.3) is 0 Å². The lowest BCUT2D eigenvalue weighted by Crippen LogP contribution is -1.97. The summed E-state index contributed by atoms with van der Waals surface area (Å²) in [5.41, 5.74) is 3.49. The molecule has 0 bridgehead atoms. The lowest BCUT2D eigenvalue weighted by molar-refractivity contribution is 0.793. The number of aromatic nitrogens is 3. The second-order valence-corrected chi connectivity index (χ2v) is 4.15. The zero-order valence-corrected chi connectivity index (χ0v) is 8.72. The molecule has 15 heavy (non-hydrogen) atoms. The Morgan fingerprint density at radius 1 is 1.27 bits per heavy atom. The fourth-order valence-corrected chi connectivity index (χ4v) is 1.78. The van der Waals surface area contributed by atoms with Crippen LogP contribution in [0, 0.1) is 6.92 Å². The maximum atomic E-state index is 4.21. The Bertz CT molecular complexity index is 483. The summed E-state index contributed by atoms with van der Waals surface area (Å²) in [4.78, 5) is 0. The number of nitrogens with zero attached hydrogens (tertiary/aromatic N) is 3. The zero-order valence-electron chi connectivity index (χ0n) is 8.72. The molecule has 0 amide bonds. The average molecular weight is 199 g/mol. The SMILES string of the molecule is Cc1ccccc1-n1cc(C2CC2)nn1. The summed E-state index contributed by atoms with van der Waals surface area (Å²) < 4.78 is 1.88. The maximum absolute atomic E-state index is 4.21. The van der Waals surface area contributed by atoms with Crippen molar-refractivity contribution in [1.29, 1.82) is 0 Å². The molecular weight excluding hydrogens is 186 g/mol. The number of rotatable bonds is 2. The Kier molecular flexibility index (Phi) is 1.84. The van der Waals surface area contributed by atoms with Crippen molar-refractivity contribution >= 4 is 0 Å². The molecule has 0 radical (unpaired) electrons. The summed E-state index contributed by atoms with van der Waals surface area (Å²) in [6, 6.07) is 8.23. The van der Waals surface area contributed by atoms with Gasteiger partial charge in [0.05, 0.1) is 17.6 Å². The van der Waals surface area contributed by atoms with Gasteiger partial charge in [-0.2, -0.15) is 0 Å². The molecule has 1 heterocycles. The number of aryl methyl sites for hydroxylation is 1. The van der Waals surface area contributed by atoms with E-state index in [1.807, 2.05) is 16.8 Å². The van der Waals surface area contributed by atoms with Gasteiger partial charge in [-0.05, 0) is 31.4 Å². The van der Waals surface area contributed by atoms with E-state index >= 15 is 0 Å². The molecule has 1 saturated carbocycles. The summed E-state index contributed by atoms with van der Waals surface area (Å²) in [6.07, 6.45) is 4.60. The second kappa shape index (κ2) is 3.19. The third kappa shape index (κ3) is 1.54. The van der Waals surface area contributed by atoms with Crippen LogP contribution in [0.25, 0.3) is 5.69 Å². The van der Waals surface area contributed by atoms with E-state index in [0.29, 0.717) is 5.92 Å². The Balaban J connectivity index is 2.01. The molecule has 0 N–H and O–H groups in total. The van der Waals surface area contributed by atoms with E-state index in [2.05, 4.69) is 35.6 Å². The van der Waals surface area contributed by atoms with Gasteiger partial charge in [-0.15, -0.1) is 5.10 Å². The smallest absolute Gasteiger partial charge is 0.0862 e. The summed E-state index contributed by atoms with van der Waals surface area (Å²) in [5, 5.41) is 8.38. The molecule has 0 spiro atoms. The highest BCUT2D eigenvalue weighted by Crippen LogP contribution is 2.38. The van der Waals surface area contributed by atoms with Crippen LogP contribution in [0.4, 0.5) is 0 Å². The van der Waals surface area contributed by atoms with E-state index in [4.69, 9.17) is 0 Å². The van der Waals surface area contributed by atoms with Crippen LogP contribution in [-0.4, -0.2) is 15.0 Å². The van der Waals surface area contributed by atoms with Crippen molar-refractivity contribution in [2.75, 3.05) is 0 Å². The molecule has 2 aromatic rings. The molecule has 1 aliphatic carbocycles. The van der Waals surface area contributed by atoms with Crippen LogP contribution in [0.3, 0.4) is 0 Å². The topological polar surface area (TPSA) is 30.7 Å². The van der Waals surface area contributed by atoms with Crippen LogP contribution in [-0.2, 0) is 0 Å². The van der Waals surface area contributed by atoms with Crippen LogP contribution >= 0.6 is 0 Å². The van der Waals surface area contributed by atoms with Crippen LogP contribution < -0.4 is 0 Å². The lowest BCUT2D eigenvalue weighted by Gasteiger charge is -2.02. The fourth-order valence-electron chi connectivity index (χ4n) is 1.78. The van der Waals surface area contributed by atoms with Crippen molar-refractivity contribution in [3.63, 3.8) is 0 Å². The molecule has 1 aromatic heterocycles. The highest BCUT2D eigenvalue weighted by atomic mass is 15.4. The number of hydrogen-bond acceptors (Lipinski definition) is 2. The van der Waals surface area contributed by atoms with Crippen molar-refractivity contribution < 1.29 is 0 Å². The molecule has 3 nitrogen and oxygen atoms in total. The first-order valence-electron chi connectivity index (χ1n) is 5.33. The van der Waals surface area contributed by atoms with Crippen molar-refractivity contribution in [2.24, 2.45) is 0 Å². The Morgan fingerprint density at radius 2 is 2.07 bits per heavy atom. The molecule has 1 fully saturated rings. The van der Waals surface area contributed by atoms with Gasteiger partial charge >= 0.3 is 0 Å². The van der Waals surface area contributed by atoms with Gasteiger partial charge in [-0.25, -0.2) is 4.68 Å². The van der Waals surface area contributed by atoms with Crippen LogP contribution in [0.1, 0.15) is 30.0 Å². The molecular formula is C12H13N3. The molecule has 0 saturated heterocycles. The Morgan fingerprint density at radius 3 is 2.80 bits per heavy atom. The molecule has 0 aliphatic heterocycles. The zero-order chi connectivity index (χ0) is 10.3. The maximum Gasteiger partial charge on any atom is 0.0862 e. The Labute approximate surface area is 88.7 Å². The monoisotopic (exact) mass is 199 g/mol. The van der Waals surface area contributed by atoms with Gasteiger partial charge in [-0.1, -0.05) is 23.4 Å². The van der Waals surface area contributed by atoms with E-state index in [0.717, 1.165) is 11.4 Å². The third-order valence-electron chi connectivity index (χ3n) is 2.87. The van der Waals surface area contributed by atoms with Gasteiger partial charge in [0.15, 0.2) is 0 Å². The van der Waals surface area contributed by atoms with Gasteiger partial charge < -0.3 is 0 Å². The van der Waals surface area contributed by atoms with Gasteiger partial charge in [0.2, 0.25) is 0 Å². The predicted octanol–water partition coefficient (Wildman–Crippen LogP) is 2.45. The number of benzene rings is 1. The highest BCUT2D eigenvalue weighted by molar-refractivity contribution is 5.39. The molecule has 1 aliphatic rings. The van der Waals surface area contributed by atoms with Crippen LogP contribution in [0.2, 0.25) is 0 Å². The normalized spacial score (nSPS) is 15.5. The molecule has 3 heteroatoms. The van der Waals surface area contributed by atoms with Gasteiger partial charge in [0, 0.05) is 5.92 Å². The second-order valence-electron chi connectivity index (χ2n) is 4.15. The molecule has 76 valence electrons. The quantitative estimate of drug-likeness (QED) is 0.743. The van der Waals surface area contributed by atoms with E-state index in [1.54, 1.807) is 0 Å². The van der Waals surface area contributed by atoms with E-state index < -0.39 is 0 Å². The van der Waals surface area contributed by atoms with E-state index in [1.165, 1.54) is 18.4 Å². The lowest BCUT2D eigenvalue weighted by atomic mass is 10.2. The summed E-state index contributed by atoms with van der Waals surface area (Å²) >= 11 is 0. The van der Waals surface area contributed by atoms with Crippen LogP contribution in [0.5, 0.6) is 0 Å². The minimum Gasteiger partial charge on any atom is -0.220 e. The van der Waals surface area contributed by atoms with E-state index in [9.17, 15) is 0 Å².